The number of alkyl halides is 2. The number of ether oxygens (including phenoxy) is 2. The van der Waals surface area contributed by atoms with Gasteiger partial charge < -0.3 is 14.4 Å². The van der Waals surface area contributed by atoms with Crippen molar-refractivity contribution in [2.45, 2.75) is 38.0 Å². The van der Waals surface area contributed by atoms with E-state index in [0.29, 0.717) is 32.9 Å². The van der Waals surface area contributed by atoms with E-state index in [1.54, 1.807) is 4.90 Å². The summed E-state index contributed by atoms with van der Waals surface area (Å²) < 4.78 is 38.4. The maximum Gasteiger partial charge on any atom is 0.262 e. The van der Waals surface area contributed by atoms with E-state index in [2.05, 4.69) is 0 Å². The minimum Gasteiger partial charge on any atom is -0.380 e. The Morgan fingerprint density at radius 2 is 1.96 bits per heavy atom. The van der Waals surface area contributed by atoms with Gasteiger partial charge in [-0.15, -0.1) is 0 Å². The predicted molar refractivity (Wildman–Crippen MR) is 93.0 cm³/mol. The predicted octanol–water partition coefficient (Wildman–Crippen LogP) is 2.16. The first-order chi connectivity index (χ1) is 12.5. The van der Waals surface area contributed by atoms with Crippen LogP contribution in [0.15, 0.2) is 30.3 Å². The molecule has 1 aromatic carbocycles. The van der Waals surface area contributed by atoms with Crippen LogP contribution in [0, 0.1) is 0 Å². The molecular formula is C19H26F2N2O3. The number of likely N-dealkylation sites (tertiary alicyclic amines) is 2. The number of benzene rings is 1. The van der Waals surface area contributed by atoms with Crippen LogP contribution in [0.1, 0.15) is 18.9 Å². The van der Waals surface area contributed by atoms with Gasteiger partial charge in [-0.05, 0) is 12.5 Å². The Morgan fingerprint density at radius 3 is 2.65 bits per heavy atom. The molecule has 0 N–H and O–H groups in total. The summed E-state index contributed by atoms with van der Waals surface area (Å²) in [6, 6.07) is 9.35. The van der Waals surface area contributed by atoms with Crippen LogP contribution in [-0.4, -0.2) is 73.2 Å². The second-order valence-electron chi connectivity index (χ2n) is 6.98. The fraction of sp³-hybridized carbons (Fsp3) is 0.632. The fourth-order valence-corrected chi connectivity index (χ4v) is 3.55. The summed E-state index contributed by atoms with van der Waals surface area (Å²) in [5.74, 6) is -2.77. The Balaban J connectivity index is 1.41. The molecule has 1 aromatic rings. The lowest BCUT2D eigenvalue weighted by Crippen LogP contribution is -2.63. The molecule has 5 nitrogen and oxygen atoms in total. The average molecular weight is 368 g/mol. The second kappa shape index (κ2) is 8.41. The molecule has 2 aliphatic heterocycles. The van der Waals surface area contributed by atoms with Crippen LogP contribution < -0.4 is 0 Å². The van der Waals surface area contributed by atoms with Crippen molar-refractivity contribution < 1.29 is 23.0 Å². The first-order valence-electron chi connectivity index (χ1n) is 9.09. The summed E-state index contributed by atoms with van der Waals surface area (Å²) in [6.07, 6.45) is -0.169. The molecule has 2 saturated heterocycles. The first kappa shape index (κ1) is 19.2. The van der Waals surface area contributed by atoms with Crippen LogP contribution in [0.2, 0.25) is 0 Å². The van der Waals surface area contributed by atoms with Crippen molar-refractivity contribution >= 4 is 5.91 Å². The van der Waals surface area contributed by atoms with Crippen LogP contribution in [-0.2, 0) is 20.9 Å². The zero-order valence-electron chi connectivity index (χ0n) is 15.1. The van der Waals surface area contributed by atoms with Crippen LogP contribution in [0.5, 0.6) is 0 Å². The number of hydrogen-bond donors (Lipinski definition) is 0. The van der Waals surface area contributed by atoms with Crippen molar-refractivity contribution in [3.05, 3.63) is 35.9 Å². The first-order valence-corrected chi connectivity index (χ1v) is 9.09. The van der Waals surface area contributed by atoms with E-state index < -0.39 is 5.92 Å². The van der Waals surface area contributed by atoms with Gasteiger partial charge in [0.05, 0.1) is 19.8 Å². The minimum atomic E-state index is -2.68. The van der Waals surface area contributed by atoms with Gasteiger partial charge >= 0.3 is 0 Å². The topological polar surface area (TPSA) is 42.0 Å². The molecule has 3 rings (SSSR count). The lowest BCUT2D eigenvalue weighted by molar-refractivity contribution is -0.145. The summed E-state index contributed by atoms with van der Waals surface area (Å²) in [5.41, 5.74) is 1.01. The third kappa shape index (κ3) is 4.78. The highest BCUT2D eigenvalue weighted by molar-refractivity contribution is 5.78. The zero-order chi connectivity index (χ0) is 18.6. The maximum atomic E-state index is 13.8. The largest absolute Gasteiger partial charge is 0.380 e. The van der Waals surface area contributed by atoms with Crippen molar-refractivity contribution in [1.29, 1.82) is 0 Å². The molecule has 2 aliphatic rings. The van der Waals surface area contributed by atoms with Gasteiger partial charge in [0.1, 0.15) is 6.61 Å². The highest BCUT2D eigenvalue weighted by Gasteiger charge is 2.50. The van der Waals surface area contributed by atoms with Crippen molar-refractivity contribution in [2.75, 3.05) is 39.5 Å². The number of nitrogens with zero attached hydrogens (tertiary/aromatic N) is 2. The molecule has 26 heavy (non-hydrogen) atoms. The fourth-order valence-electron chi connectivity index (χ4n) is 3.55. The normalized spacial score (nSPS) is 23.2. The van der Waals surface area contributed by atoms with Crippen molar-refractivity contribution in [3.8, 4) is 0 Å². The third-order valence-corrected chi connectivity index (χ3v) is 4.95. The molecule has 1 amide bonds. The average Bonchev–Trinajstić information content (AvgIpc) is 2.87. The molecule has 0 radical (unpaired) electrons. The molecule has 0 spiro atoms. The number of hydrogen-bond acceptors (Lipinski definition) is 4. The summed E-state index contributed by atoms with van der Waals surface area (Å²) in [6.45, 7) is 3.80. The quantitative estimate of drug-likeness (QED) is 0.705. The molecule has 1 atom stereocenters. The van der Waals surface area contributed by atoms with Gasteiger partial charge in [0.25, 0.3) is 5.92 Å². The Bertz CT molecular complexity index is 594. The monoisotopic (exact) mass is 368 g/mol. The van der Waals surface area contributed by atoms with E-state index in [1.807, 2.05) is 42.2 Å². The van der Waals surface area contributed by atoms with E-state index in [4.69, 9.17) is 9.47 Å². The molecule has 2 heterocycles. The zero-order valence-corrected chi connectivity index (χ0v) is 15.1. The van der Waals surface area contributed by atoms with Crippen LogP contribution >= 0.6 is 0 Å². The molecule has 0 unspecified atom stereocenters. The van der Waals surface area contributed by atoms with Gasteiger partial charge in [-0.25, -0.2) is 8.78 Å². The second-order valence-corrected chi connectivity index (χ2v) is 6.98. The SMILES string of the molecule is CCOC[C@@H]1CC(F)(F)CN1C1CN(C(=O)COCc2ccccc2)C1. The Kier molecular flexibility index (Phi) is 6.21. The van der Waals surface area contributed by atoms with Gasteiger partial charge in [-0.2, -0.15) is 0 Å². The van der Waals surface area contributed by atoms with Crippen LogP contribution in [0.25, 0.3) is 0 Å². The van der Waals surface area contributed by atoms with Crippen molar-refractivity contribution in [2.24, 2.45) is 0 Å². The molecule has 0 bridgehead atoms. The molecule has 0 aliphatic carbocycles. The van der Waals surface area contributed by atoms with E-state index in [1.165, 1.54) is 0 Å². The van der Waals surface area contributed by atoms with Gasteiger partial charge in [0.15, 0.2) is 0 Å². The smallest absolute Gasteiger partial charge is 0.262 e. The summed E-state index contributed by atoms with van der Waals surface area (Å²) in [5, 5.41) is 0. The Morgan fingerprint density at radius 1 is 1.23 bits per heavy atom. The molecule has 0 aromatic heterocycles. The number of carbonyl (C=O) groups is 1. The number of carbonyl (C=O) groups excluding carboxylic acids is 1. The van der Waals surface area contributed by atoms with Crippen molar-refractivity contribution in [1.82, 2.24) is 9.80 Å². The molecule has 7 heteroatoms. The number of rotatable bonds is 8. The van der Waals surface area contributed by atoms with E-state index in [-0.39, 0.29) is 37.6 Å². The lowest BCUT2D eigenvalue weighted by atomic mass is 10.1. The van der Waals surface area contributed by atoms with Crippen LogP contribution in [0.4, 0.5) is 8.78 Å². The third-order valence-electron chi connectivity index (χ3n) is 4.95. The van der Waals surface area contributed by atoms with Gasteiger partial charge in [0, 0.05) is 38.2 Å². The van der Waals surface area contributed by atoms with Gasteiger partial charge in [-0.1, -0.05) is 30.3 Å². The van der Waals surface area contributed by atoms with E-state index >= 15 is 0 Å². The Hall–Kier alpha value is -1.57. The molecule has 144 valence electrons. The van der Waals surface area contributed by atoms with Gasteiger partial charge in [-0.3, -0.25) is 9.69 Å². The standard InChI is InChI=1S/C19H26F2N2O3/c1-2-25-12-16-8-19(20,21)14-23(16)17-9-22(10-17)18(24)13-26-11-15-6-4-3-5-7-15/h3-7,16-17H,2,8-14H2,1H3/t16-/m0/s1. The highest BCUT2D eigenvalue weighted by atomic mass is 19.3. The molecular weight excluding hydrogens is 342 g/mol. The number of amides is 1. The lowest BCUT2D eigenvalue weighted by Gasteiger charge is -2.45. The summed E-state index contributed by atoms with van der Waals surface area (Å²) >= 11 is 0. The maximum absolute atomic E-state index is 13.8. The summed E-state index contributed by atoms with van der Waals surface area (Å²) in [4.78, 5) is 15.6. The molecule has 0 saturated carbocycles. The molecule has 2 fully saturated rings. The Labute approximate surface area is 152 Å². The summed E-state index contributed by atoms with van der Waals surface area (Å²) in [7, 11) is 0. The van der Waals surface area contributed by atoms with Gasteiger partial charge in [0.2, 0.25) is 5.91 Å². The van der Waals surface area contributed by atoms with E-state index in [9.17, 15) is 13.6 Å². The van der Waals surface area contributed by atoms with E-state index in [0.717, 1.165) is 5.56 Å². The highest BCUT2D eigenvalue weighted by Crippen LogP contribution is 2.35. The minimum absolute atomic E-state index is 0.0140. The van der Waals surface area contributed by atoms with Crippen molar-refractivity contribution in [3.63, 3.8) is 0 Å². The van der Waals surface area contributed by atoms with Crippen LogP contribution in [0.3, 0.4) is 0 Å². The number of halogens is 2.